The molecule has 2 aliphatic heterocycles. The number of urea groups is 1. The Hall–Kier alpha value is -1.60. The van der Waals surface area contributed by atoms with Crippen molar-refractivity contribution in [1.29, 1.82) is 0 Å². The standard InChI is InChI=1S/C22H31N3O3S/c1-2-25-16-9-10-17(25)13-18(12-16)29(27,28)24-22(26)23-21-19-7-3-5-14(19)11-15-6-4-8-20(15)21/h11,16-18H,2-10,12-13H2,1H3,(H2,23,24,26)/t16-,17?,18-/m0/s1. The zero-order valence-corrected chi connectivity index (χ0v) is 18.0. The predicted molar refractivity (Wildman–Crippen MR) is 114 cm³/mol. The maximum Gasteiger partial charge on any atom is 0.332 e. The second-order valence-electron chi connectivity index (χ2n) is 9.14. The number of carbonyl (C=O) groups excluding carboxylic acids is 1. The zero-order chi connectivity index (χ0) is 20.2. The van der Waals surface area contributed by atoms with Crippen molar-refractivity contribution in [2.75, 3.05) is 11.9 Å². The van der Waals surface area contributed by atoms with E-state index in [-0.39, 0.29) is 0 Å². The normalized spacial score (nSPS) is 28.2. The Morgan fingerprint density at radius 3 is 2.17 bits per heavy atom. The number of piperidine rings is 1. The van der Waals surface area contributed by atoms with Gasteiger partial charge in [-0.2, -0.15) is 0 Å². The van der Waals surface area contributed by atoms with Crippen molar-refractivity contribution >= 4 is 21.7 Å². The molecule has 5 rings (SSSR count). The van der Waals surface area contributed by atoms with Crippen LogP contribution in [0.1, 0.15) is 67.7 Å². The van der Waals surface area contributed by atoms with Crippen LogP contribution < -0.4 is 10.0 Å². The Labute approximate surface area is 173 Å². The number of aryl methyl sites for hydroxylation is 2. The predicted octanol–water partition coefficient (Wildman–Crippen LogP) is 3.13. The highest BCUT2D eigenvalue weighted by molar-refractivity contribution is 7.90. The second-order valence-corrected chi connectivity index (χ2v) is 11.1. The average molecular weight is 418 g/mol. The topological polar surface area (TPSA) is 78.5 Å². The Balaban J connectivity index is 1.32. The number of benzene rings is 1. The number of hydrogen-bond donors (Lipinski definition) is 2. The lowest BCUT2D eigenvalue weighted by Crippen LogP contribution is -2.50. The Morgan fingerprint density at radius 2 is 1.62 bits per heavy atom. The van der Waals surface area contributed by atoms with Gasteiger partial charge in [0.15, 0.2) is 0 Å². The van der Waals surface area contributed by atoms with E-state index in [1.807, 2.05) is 0 Å². The SMILES string of the molecule is CCN1C2CC[C@H]1C[C@H](S(=O)(=O)NC(=O)Nc1c3c(cc4c1CCC4)CCC3)C2. The molecule has 29 heavy (non-hydrogen) atoms. The van der Waals surface area contributed by atoms with E-state index in [1.54, 1.807) is 0 Å². The highest BCUT2D eigenvalue weighted by Gasteiger charge is 2.44. The van der Waals surface area contributed by atoms with Gasteiger partial charge in [0.25, 0.3) is 0 Å². The number of anilines is 1. The molecule has 158 valence electrons. The lowest BCUT2D eigenvalue weighted by molar-refractivity contribution is 0.150. The number of amides is 2. The fourth-order valence-corrected chi connectivity index (χ4v) is 7.74. The third-order valence-corrected chi connectivity index (χ3v) is 9.32. The Morgan fingerprint density at radius 1 is 1.03 bits per heavy atom. The lowest BCUT2D eigenvalue weighted by atomic mass is 9.99. The van der Waals surface area contributed by atoms with E-state index in [1.165, 1.54) is 22.3 Å². The van der Waals surface area contributed by atoms with Gasteiger partial charge < -0.3 is 5.32 Å². The molecule has 7 heteroatoms. The molecule has 3 atom stereocenters. The summed E-state index contributed by atoms with van der Waals surface area (Å²) >= 11 is 0. The number of sulfonamides is 1. The average Bonchev–Trinajstić information content (AvgIpc) is 3.38. The van der Waals surface area contributed by atoms with Gasteiger partial charge in [-0.3, -0.25) is 4.90 Å². The second kappa shape index (κ2) is 7.27. The van der Waals surface area contributed by atoms with E-state index < -0.39 is 21.3 Å². The van der Waals surface area contributed by atoms with E-state index in [0.717, 1.165) is 63.6 Å². The van der Waals surface area contributed by atoms with Crippen LogP contribution in [0.25, 0.3) is 0 Å². The summed E-state index contributed by atoms with van der Waals surface area (Å²) in [5.74, 6) is 0. The fourth-order valence-electron chi connectivity index (χ4n) is 6.31. The third kappa shape index (κ3) is 3.36. The van der Waals surface area contributed by atoms with Crippen molar-refractivity contribution in [2.24, 2.45) is 0 Å². The van der Waals surface area contributed by atoms with Gasteiger partial charge in [-0.1, -0.05) is 13.0 Å². The van der Waals surface area contributed by atoms with E-state index >= 15 is 0 Å². The Bertz CT molecular complexity index is 897. The van der Waals surface area contributed by atoms with Crippen molar-refractivity contribution in [3.8, 4) is 0 Å². The summed E-state index contributed by atoms with van der Waals surface area (Å²) in [5, 5.41) is 2.48. The minimum Gasteiger partial charge on any atom is -0.307 e. The molecule has 0 spiro atoms. The summed E-state index contributed by atoms with van der Waals surface area (Å²) in [4.78, 5) is 15.2. The minimum absolute atomic E-state index is 0.337. The van der Waals surface area contributed by atoms with Gasteiger partial charge in [-0.25, -0.2) is 17.9 Å². The summed E-state index contributed by atoms with van der Waals surface area (Å²) in [6.07, 6.45) is 9.63. The van der Waals surface area contributed by atoms with Gasteiger partial charge in [0.1, 0.15) is 0 Å². The number of fused-ring (bicyclic) bond motifs is 4. The minimum atomic E-state index is -3.68. The molecule has 1 aromatic carbocycles. The first-order chi connectivity index (χ1) is 14.0. The fraction of sp³-hybridized carbons (Fsp3) is 0.682. The van der Waals surface area contributed by atoms with Crippen molar-refractivity contribution in [2.45, 2.75) is 88.5 Å². The Kier molecular flexibility index (Phi) is 4.86. The molecule has 2 amide bonds. The van der Waals surface area contributed by atoms with Crippen molar-refractivity contribution in [3.63, 3.8) is 0 Å². The van der Waals surface area contributed by atoms with Crippen LogP contribution in [0.2, 0.25) is 0 Å². The molecule has 4 aliphatic rings. The van der Waals surface area contributed by atoms with Crippen LogP contribution in [0.15, 0.2) is 6.07 Å². The van der Waals surface area contributed by atoms with E-state index in [2.05, 4.69) is 27.9 Å². The van der Waals surface area contributed by atoms with Crippen LogP contribution in [0.4, 0.5) is 10.5 Å². The molecule has 2 aliphatic carbocycles. The molecule has 0 radical (unpaired) electrons. The molecule has 0 saturated carbocycles. The van der Waals surface area contributed by atoms with Gasteiger partial charge in [-0.15, -0.1) is 0 Å². The zero-order valence-electron chi connectivity index (χ0n) is 17.2. The van der Waals surface area contributed by atoms with Crippen molar-refractivity contribution in [1.82, 2.24) is 9.62 Å². The molecular formula is C22H31N3O3S. The summed E-state index contributed by atoms with van der Waals surface area (Å²) in [5.41, 5.74) is 5.97. The summed E-state index contributed by atoms with van der Waals surface area (Å²) < 4.78 is 28.3. The molecule has 2 heterocycles. The molecule has 0 aromatic heterocycles. The quantitative estimate of drug-likeness (QED) is 0.789. The van der Waals surface area contributed by atoms with E-state index in [0.29, 0.717) is 24.9 Å². The van der Waals surface area contributed by atoms with Gasteiger partial charge in [0.05, 0.1) is 5.25 Å². The molecule has 6 nitrogen and oxygen atoms in total. The molecule has 2 fully saturated rings. The summed E-state index contributed by atoms with van der Waals surface area (Å²) in [6, 6.07) is 2.39. The van der Waals surface area contributed by atoms with E-state index in [9.17, 15) is 13.2 Å². The van der Waals surface area contributed by atoms with Crippen LogP contribution in [0, 0.1) is 0 Å². The molecule has 1 aromatic rings. The first-order valence-corrected chi connectivity index (χ1v) is 12.8. The molecule has 2 N–H and O–H groups in total. The highest BCUT2D eigenvalue weighted by atomic mass is 32.2. The third-order valence-electron chi connectivity index (χ3n) is 7.59. The molecular weight excluding hydrogens is 386 g/mol. The number of nitrogens with one attached hydrogen (secondary N) is 2. The highest BCUT2D eigenvalue weighted by Crippen LogP contribution is 2.39. The number of hydrogen-bond acceptors (Lipinski definition) is 4. The number of nitrogens with zero attached hydrogens (tertiary/aromatic N) is 1. The van der Waals surface area contributed by atoms with Gasteiger partial charge in [0.2, 0.25) is 10.0 Å². The monoisotopic (exact) mass is 417 g/mol. The van der Waals surface area contributed by atoms with Gasteiger partial charge in [0, 0.05) is 17.8 Å². The summed E-state index contributed by atoms with van der Waals surface area (Å²) in [6.45, 7) is 3.11. The summed E-state index contributed by atoms with van der Waals surface area (Å²) in [7, 11) is -3.68. The van der Waals surface area contributed by atoms with Crippen LogP contribution in [-0.4, -0.2) is 43.2 Å². The smallest absolute Gasteiger partial charge is 0.307 e. The largest absolute Gasteiger partial charge is 0.332 e. The first-order valence-electron chi connectivity index (χ1n) is 11.2. The van der Waals surface area contributed by atoms with Crippen LogP contribution in [0.5, 0.6) is 0 Å². The van der Waals surface area contributed by atoms with Gasteiger partial charge in [-0.05, 0) is 93.0 Å². The number of carbonyl (C=O) groups is 1. The first kappa shape index (κ1) is 19.4. The molecule has 1 unspecified atom stereocenters. The van der Waals surface area contributed by atoms with Gasteiger partial charge >= 0.3 is 6.03 Å². The van der Waals surface area contributed by atoms with Crippen LogP contribution >= 0.6 is 0 Å². The molecule has 2 bridgehead atoms. The lowest BCUT2D eigenvalue weighted by Gasteiger charge is -2.37. The maximum atomic E-state index is 13.0. The maximum absolute atomic E-state index is 13.0. The van der Waals surface area contributed by atoms with Crippen molar-refractivity contribution in [3.05, 3.63) is 28.3 Å². The van der Waals surface area contributed by atoms with Crippen molar-refractivity contribution < 1.29 is 13.2 Å². The van der Waals surface area contributed by atoms with E-state index in [4.69, 9.17) is 0 Å². The van der Waals surface area contributed by atoms with Crippen LogP contribution in [0.3, 0.4) is 0 Å². The number of rotatable bonds is 4. The molecule has 2 saturated heterocycles. The van der Waals surface area contributed by atoms with Crippen LogP contribution in [-0.2, 0) is 35.7 Å².